The second-order valence-corrected chi connectivity index (χ2v) is 9.83. The van der Waals surface area contributed by atoms with Crippen LogP contribution in [0.2, 0.25) is 0 Å². The first-order chi connectivity index (χ1) is 16.6. The van der Waals surface area contributed by atoms with Gasteiger partial charge < -0.3 is 24.5 Å². The molecule has 0 bridgehead atoms. The number of fused-ring (bicyclic) bond motifs is 1. The molecular formula is C24H30N6O3S. The first kappa shape index (κ1) is 22.6. The van der Waals surface area contributed by atoms with Crippen LogP contribution in [0.3, 0.4) is 0 Å². The number of aryl methyl sites for hydroxylation is 1. The minimum atomic E-state index is -0.845. The van der Waals surface area contributed by atoms with Crippen LogP contribution in [-0.4, -0.2) is 76.4 Å². The fraction of sp³-hybridized carbons (Fsp3) is 0.500. The van der Waals surface area contributed by atoms with Gasteiger partial charge in [0.2, 0.25) is 5.95 Å². The number of piperidine rings is 1. The van der Waals surface area contributed by atoms with Crippen molar-refractivity contribution in [3.8, 4) is 5.19 Å². The highest BCUT2D eigenvalue weighted by atomic mass is 32.1. The first-order valence-corrected chi connectivity index (χ1v) is 12.8. The molecule has 5 rings (SSSR count). The number of aromatic nitrogens is 3. The van der Waals surface area contributed by atoms with Crippen molar-refractivity contribution in [2.24, 2.45) is 0 Å². The largest absolute Gasteiger partial charge is 0.467 e. The summed E-state index contributed by atoms with van der Waals surface area (Å²) in [7, 11) is 0. The van der Waals surface area contributed by atoms with Gasteiger partial charge in [-0.2, -0.15) is 0 Å². The van der Waals surface area contributed by atoms with E-state index in [1.807, 2.05) is 18.5 Å². The summed E-state index contributed by atoms with van der Waals surface area (Å²) in [6.45, 7) is 6.35. The van der Waals surface area contributed by atoms with E-state index >= 15 is 0 Å². The van der Waals surface area contributed by atoms with Crippen LogP contribution in [0.5, 0.6) is 5.19 Å². The zero-order chi connectivity index (χ0) is 23.5. The molecule has 0 saturated carbocycles. The number of nitrogens with zero attached hydrogens (tertiary/aromatic N) is 6. The van der Waals surface area contributed by atoms with Crippen molar-refractivity contribution >= 4 is 39.3 Å². The van der Waals surface area contributed by atoms with E-state index in [0.29, 0.717) is 31.4 Å². The zero-order valence-corrected chi connectivity index (χ0v) is 20.2. The molecule has 1 amide bonds. The number of carboxylic acid groups (broad SMARTS) is 1. The van der Waals surface area contributed by atoms with Crippen molar-refractivity contribution in [1.29, 1.82) is 0 Å². The lowest BCUT2D eigenvalue weighted by molar-refractivity contribution is 0.142. The molecule has 2 aliphatic heterocycles. The second kappa shape index (κ2) is 10.0. The molecule has 2 aromatic heterocycles. The Morgan fingerprint density at radius 2 is 1.82 bits per heavy atom. The van der Waals surface area contributed by atoms with E-state index < -0.39 is 6.09 Å². The Hall–Kier alpha value is -3.14. The molecule has 4 heterocycles. The third-order valence-corrected chi connectivity index (χ3v) is 7.40. The lowest BCUT2D eigenvalue weighted by Crippen LogP contribution is -2.48. The number of benzene rings is 1. The summed E-state index contributed by atoms with van der Waals surface area (Å²) in [6.07, 6.45) is 7.11. The van der Waals surface area contributed by atoms with Gasteiger partial charge in [-0.1, -0.05) is 24.7 Å². The molecule has 0 aliphatic carbocycles. The Morgan fingerprint density at radius 3 is 2.50 bits per heavy atom. The van der Waals surface area contributed by atoms with Crippen LogP contribution in [0.4, 0.5) is 16.4 Å². The van der Waals surface area contributed by atoms with Crippen LogP contribution in [0.1, 0.15) is 31.7 Å². The average Bonchev–Trinajstić information content (AvgIpc) is 3.27. The maximum atomic E-state index is 11.1. The molecular weight excluding hydrogens is 452 g/mol. The van der Waals surface area contributed by atoms with Crippen LogP contribution in [0.15, 0.2) is 30.6 Å². The molecule has 2 fully saturated rings. The number of amides is 1. The van der Waals surface area contributed by atoms with E-state index in [2.05, 4.69) is 43.8 Å². The average molecular weight is 483 g/mol. The Morgan fingerprint density at radius 1 is 1.09 bits per heavy atom. The van der Waals surface area contributed by atoms with E-state index in [1.54, 1.807) is 11.3 Å². The van der Waals surface area contributed by atoms with Crippen molar-refractivity contribution in [3.63, 3.8) is 0 Å². The Kier molecular flexibility index (Phi) is 6.66. The number of hydrogen-bond acceptors (Lipinski definition) is 8. The molecule has 10 heteroatoms. The van der Waals surface area contributed by atoms with Gasteiger partial charge in [0.15, 0.2) is 0 Å². The smallest absolute Gasteiger partial charge is 0.407 e. The molecule has 9 nitrogen and oxygen atoms in total. The first-order valence-electron chi connectivity index (χ1n) is 11.9. The Labute approximate surface area is 203 Å². The highest BCUT2D eigenvalue weighted by Gasteiger charge is 2.24. The normalized spacial score (nSPS) is 17.4. The van der Waals surface area contributed by atoms with Gasteiger partial charge in [0, 0.05) is 70.2 Å². The molecule has 3 aromatic rings. The number of rotatable bonds is 6. The van der Waals surface area contributed by atoms with Crippen molar-refractivity contribution in [3.05, 3.63) is 36.2 Å². The molecule has 0 spiro atoms. The number of anilines is 2. The molecule has 1 aromatic carbocycles. The Bertz CT molecular complexity index is 1120. The highest BCUT2D eigenvalue weighted by Crippen LogP contribution is 2.33. The number of ether oxygens (including phenoxy) is 1. The molecule has 0 radical (unpaired) electrons. The summed E-state index contributed by atoms with van der Waals surface area (Å²) < 4.78 is 7.34. The summed E-state index contributed by atoms with van der Waals surface area (Å²) in [5, 5.41) is 9.86. The van der Waals surface area contributed by atoms with Gasteiger partial charge in [0.05, 0.1) is 10.2 Å². The lowest BCUT2D eigenvalue weighted by Gasteiger charge is -2.34. The fourth-order valence-corrected chi connectivity index (χ4v) is 5.45. The highest BCUT2D eigenvalue weighted by molar-refractivity contribution is 7.20. The van der Waals surface area contributed by atoms with E-state index in [9.17, 15) is 4.79 Å². The van der Waals surface area contributed by atoms with Crippen LogP contribution in [0, 0.1) is 0 Å². The monoisotopic (exact) mass is 482 g/mol. The van der Waals surface area contributed by atoms with E-state index in [0.717, 1.165) is 60.6 Å². The van der Waals surface area contributed by atoms with Gasteiger partial charge >= 0.3 is 6.09 Å². The topological polar surface area (TPSA) is 94.9 Å². The third kappa shape index (κ3) is 5.01. The molecule has 0 atom stereocenters. The SMILES string of the molecule is CCCc1cnc(N2CCC(Oc3nc4ccc(N5CCN(C(=O)O)CC5)cc4s3)CC2)nc1. The predicted octanol–water partition coefficient (Wildman–Crippen LogP) is 3.89. The van der Waals surface area contributed by atoms with Gasteiger partial charge in [-0.05, 0) is 30.2 Å². The number of hydrogen-bond donors (Lipinski definition) is 1. The van der Waals surface area contributed by atoms with Crippen molar-refractivity contribution in [2.45, 2.75) is 38.7 Å². The second-order valence-electron chi connectivity index (χ2n) is 8.83. The van der Waals surface area contributed by atoms with Gasteiger partial charge in [-0.15, -0.1) is 0 Å². The summed E-state index contributed by atoms with van der Waals surface area (Å²) in [5.74, 6) is 0.801. The van der Waals surface area contributed by atoms with E-state index in [1.165, 1.54) is 10.5 Å². The van der Waals surface area contributed by atoms with Gasteiger partial charge in [0.25, 0.3) is 5.19 Å². The molecule has 2 saturated heterocycles. The summed E-state index contributed by atoms with van der Waals surface area (Å²) in [5.41, 5.74) is 3.22. The standard InChI is InChI=1S/C24H30N6O3S/c1-2-3-17-15-25-22(26-16-17)29-8-6-19(7-9-29)33-23-27-20-5-4-18(14-21(20)34-23)28-10-12-30(13-11-28)24(31)32/h4-5,14-16,19H,2-3,6-13H2,1H3,(H,31,32). The number of carbonyl (C=O) groups is 1. The zero-order valence-electron chi connectivity index (χ0n) is 19.4. The fourth-order valence-electron chi connectivity index (χ4n) is 4.54. The van der Waals surface area contributed by atoms with E-state index in [-0.39, 0.29) is 6.10 Å². The van der Waals surface area contributed by atoms with Crippen molar-refractivity contribution < 1.29 is 14.6 Å². The lowest BCUT2D eigenvalue weighted by atomic mass is 10.1. The minimum absolute atomic E-state index is 0.139. The molecule has 0 unspecified atom stereocenters. The molecule has 1 N–H and O–H groups in total. The molecule has 2 aliphatic rings. The molecule has 34 heavy (non-hydrogen) atoms. The van der Waals surface area contributed by atoms with Crippen molar-refractivity contribution in [2.75, 3.05) is 49.1 Å². The summed E-state index contributed by atoms with van der Waals surface area (Å²) in [6, 6.07) is 6.23. The summed E-state index contributed by atoms with van der Waals surface area (Å²) in [4.78, 5) is 30.8. The maximum absolute atomic E-state index is 11.1. The van der Waals surface area contributed by atoms with Gasteiger partial charge in [-0.3, -0.25) is 0 Å². The third-order valence-electron chi connectivity index (χ3n) is 6.49. The maximum Gasteiger partial charge on any atom is 0.407 e. The predicted molar refractivity (Wildman–Crippen MR) is 133 cm³/mol. The Balaban J connectivity index is 1.17. The van der Waals surface area contributed by atoms with Crippen molar-refractivity contribution in [1.82, 2.24) is 19.9 Å². The van der Waals surface area contributed by atoms with Gasteiger partial charge in [0.1, 0.15) is 6.10 Å². The minimum Gasteiger partial charge on any atom is -0.467 e. The quantitative estimate of drug-likeness (QED) is 0.566. The van der Waals surface area contributed by atoms with Crippen LogP contribution in [-0.2, 0) is 6.42 Å². The summed E-state index contributed by atoms with van der Waals surface area (Å²) >= 11 is 1.58. The number of thiazole rings is 1. The van der Waals surface area contributed by atoms with Crippen LogP contribution < -0.4 is 14.5 Å². The van der Waals surface area contributed by atoms with Crippen LogP contribution >= 0.6 is 11.3 Å². The van der Waals surface area contributed by atoms with Crippen LogP contribution in [0.25, 0.3) is 10.2 Å². The number of piperazine rings is 1. The molecule has 180 valence electrons. The van der Waals surface area contributed by atoms with E-state index in [4.69, 9.17) is 9.84 Å². The van der Waals surface area contributed by atoms with Gasteiger partial charge in [-0.25, -0.2) is 19.7 Å².